The second-order valence-electron chi connectivity index (χ2n) is 7.33. The zero-order chi connectivity index (χ0) is 19.8. The van der Waals surface area contributed by atoms with Gasteiger partial charge in [0.05, 0.1) is 42.1 Å². The number of ether oxygens (including phenoxy) is 1. The molecule has 148 valence electrons. The lowest BCUT2D eigenvalue weighted by atomic mass is 10.0. The highest BCUT2D eigenvalue weighted by Gasteiger charge is 2.23. The fraction of sp³-hybridized carbons (Fsp3) is 0.350. The van der Waals surface area contributed by atoms with Crippen molar-refractivity contribution in [2.24, 2.45) is 0 Å². The number of fused-ring (bicyclic) bond motifs is 1. The number of aromatic nitrogens is 7. The smallest absolute Gasteiger partial charge is 0.240 e. The van der Waals surface area contributed by atoms with Gasteiger partial charge in [-0.2, -0.15) is 10.1 Å². The average molecular weight is 390 g/mol. The molecule has 1 fully saturated rings. The van der Waals surface area contributed by atoms with E-state index < -0.39 is 0 Å². The van der Waals surface area contributed by atoms with Crippen LogP contribution in [0.1, 0.15) is 32.2 Å². The highest BCUT2D eigenvalue weighted by Crippen LogP contribution is 2.26. The van der Waals surface area contributed by atoms with Crippen LogP contribution in [-0.4, -0.2) is 47.1 Å². The Bertz CT molecular complexity index is 1140. The summed E-state index contributed by atoms with van der Waals surface area (Å²) >= 11 is 0. The molecule has 2 N–H and O–H groups in total. The molecule has 0 bridgehead atoms. The third-order valence-corrected chi connectivity index (χ3v) is 5.35. The molecule has 0 aromatic carbocycles. The number of anilines is 1. The van der Waals surface area contributed by atoms with Gasteiger partial charge in [-0.1, -0.05) is 0 Å². The molecule has 0 spiro atoms. The first-order chi connectivity index (χ1) is 14.2. The zero-order valence-electron chi connectivity index (χ0n) is 16.1. The van der Waals surface area contributed by atoms with Crippen molar-refractivity contribution in [2.45, 2.75) is 38.3 Å². The topological polar surface area (TPSA) is 109 Å². The maximum absolute atomic E-state index is 5.91. The van der Waals surface area contributed by atoms with Gasteiger partial charge in [0.2, 0.25) is 5.95 Å². The quantitative estimate of drug-likeness (QED) is 0.570. The minimum absolute atomic E-state index is 0.181. The van der Waals surface area contributed by atoms with Gasteiger partial charge >= 0.3 is 0 Å². The van der Waals surface area contributed by atoms with Crippen molar-refractivity contribution in [1.82, 2.24) is 34.3 Å². The second-order valence-corrected chi connectivity index (χ2v) is 7.33. The molecule has 0 aliphatic carbocycles. The molecule has 2 unspecified atom stereocenters. The molecule has 29 heavy (non-hydrogen) atoms. The van der Waals surface area contributed by atoms with Crippen LogP contribution in [0.2, 0.25) is 0 Å². The van der Waals surface area contributed by atoms with Gasteiger partial charge in [0, 0.05) is 30.1 Å². The Morgan fingerprint density at radius 3 is 2.83 bits per heavy atom. The van der Waals surface area contributed by atoms with Gasteiger partial charge < -0.3 is 10.5 Å². The summed E-state index contributed by atoms with van der Waals surface area (Å²) in [5, 5.41) is 8.64. The van der Waals surface area contributed by atoms with Crippen LogP contribution >= 0.6 is 0 Å². The third-order valence-electron chi connectivity index (χ3n) is 5.35. The summed E-state index contributed by atoms with van der Waals surface area (Å²) in [6.45, 7) is 2.98. The number of nitrogen functional groups attached to an aromatic ring is 1. The lowest BCUT2D eigenvalue weighted by Gasteiger charge is -2.28. The molecule has 1 aliphatic heterocycles. The number of nitrogens with two attached hydrogens (primary N) is 1. The zero-order valence-corrected chi connectivity index (χ0v) is 16.1. The van der Waals surface area contributed by atoms with E-state index in [9.17, 15) is 0 Å². The van der Waals surface area contributed by atoms with E-state index in [2.05, 4.69) is 27.1 Å². The van der Waals surface area contributed by atoms with Crippen LogP contribution in [0, 0.1) is 0 Å². The van der Waals surface area contributed by atoms with E-state index in [1.807, 2.05) is 35.4 Å². The molecule has 0 saturated carbocycles. The van der Waals surface area contributed by atoms with Crippen LogP contribution in [0.5, 0.6) is 0 Å². The standard InChI is InChI=1S/C20H22N8O/c1-13(18-4-2-3-7-29-18)28-12-15(9-23-28)17-11-22-10-16(24-17)14-5-6-27-19(8-14)25-20(21)26-27/h5-6,8-13,18H,2-4,7H2,1H3,(H2,21,26). The summed E-state index contributed by atoms with van der Waals surface area (Å²) in [7, 11) is 0. The number of pyridine rings is 1. The Morgan fingerprint density at radius 2 is 2.00 bits per heavy atom. The van der Waals surface area contributed by atoms with Gasteiger partial charge in [0.1, 0.15) is 0 Å². The molecule has 5 rings (SSSR count). The predicted molar refractivity (Wildman–Crippen MR) is 108 cm³/mol. The van der Waals surface area contributed by atoms with Crippen molar-refractivity contribution in [3.8, 4) is 22.5 Å². The number of hydrogen-bond donors (Lipinski definition) is 1. The molecule has 9 heteroatoms. The molecule has 5 heterocycles. The number of rotatable bonds is 4. The van der Waals surface area contributed by atoms with E-state index in [0.29, 0.717) is 5.65 Å². The van der Waals surface area contributed by atoms with E-state index in [1.54, 1.807) is 16.9 Å². The lowest BCUT2D eigenvalue weighted by Crippen LogP contribution is -2.28. The van der Waals surface area contributed by atoms with E-state index in [4.69, 9.17) is 15.5 Å². The third kappa shape index (κ3) is 3.44. The molecule has 1 aliphatic rings. The van der Waals surface area contributed by atoms with Crippen LogP contribution in [0.4, 0.5) is 5.95 Å². The molecule has 4 aromatic heterocycles. The van der Waals surface area contributed by atoms with Crippen molar-refractivity contribution in [1.29, 1.82) is 0 Å². The maximum atomic E-state index is 5.91. The highest BCUT2D eigenvalue weighted by atomic mass is 16.5. The summed E-state index contributed by atoms with van der Waals surface area (Å²) in [6.07, 6.45) is 12.8. The van der Waals surface area contributed by atoms with Gasteiger partial charge in [0.15, 0.2) is 5.65 Å². The molecule has 9 nitrogen and oxygen atoms in total. The lowest BCUT2D eigenvalue weighted by molar-refractivity contribution is -0.0149. The molecular formula is C20H22N8O. The number of hydrogen-bond acceptors (Lipinski definition) is 7. The van der Waals surface area contributed by atoms with Gasteiger partial charge in [-0.25, -0.2) is 9.50 Å². The minimum atomic E-state index is 0.181. The van der Waals surface area contributed by atoms with Crippen LogP contribution in [0.15, 0.2) is 43.1 Å². The fourth-order valence-electron chi connectivity index (χ4n) is 3.71. The maximum Gasteiger partial charge on any atom is 0.240 e. The van der Waals surface area contributed by atoms with Crippen molar-refractivity contribution in [3.05, 3.63) is 43.1 Å². The summed E-state index contributed by atoms with van der Waals surface area (Å²) in [6, 6.07) is 3.99. The van der Waals surface area contributed by atoms with E-state index in [1.165, 1.54) is 6.42 Å². The summed E-state index contributed by atoms with van der Waals surface area (Å²) < 4.78 is 9.51. The van der Waals surface area contributed by atoms with Crippen LogP contribution < -0.4 is 5.73 Å². The van der Waals surface area contributed by atoms with Crippen molar-refractivity contribution in [2.75, 3.05) is 12.3 Å². The van der Waals surface area contributed by atoms with Crippen molar-refractivity contribution < 1.29 is 4.74 Å². The molecule has 2 atom stereocenters. The van der Waals surface area contributed by atoms with Crippen LogP contribution in [-0.2, 0) is 4.74 Å². The molecule has 0 radical (unpaired) electrons. The van der Waals surface area contributed by atoms with Crippen molar-refractivity contribution in [3.63, 3.8) is 0 Å². The van der Waals surface area contributed by atoms with E-state index >= 15 is 0 Å². The van der Waals surface area contributed by atoms with Crippen LogP contribution in [0.25, 0.3) is 28.2 Å². The predicted octanol–water partition coefficient (Wildman–Crippen LogP) is 2.76. The highest BCUT2D eigenvalue weighted by molar-refractivity contribution is 5.66. The minimum Gasteiger partial charge on any atom is -0.376 e. The Labute approximate surface area is 167 Å². The second kappa shape index (κ2) is 7.25. The Hall–Kier alpha value is -3.33. The normalized spacial score (nSPS) is 18.2. The summed E-state index contributed by atoms with van der Waals surface area (Å²) in [5.41, 5.74) is 9.69. The Morgan fingerprint density at radius 1 is 1.14 bits per heavy atom. The van der Waals surface area contributed by atoms with E-state index in [0.717, 1.165) is 42.0 Å². The first-order valence-electron chi connectivity index (χ1n) is 9.78. The Kier molecular flexibility index (Phi) is 4.44. The first kappa shape index (κ1) is 17.7. The van der Waals surface area contributed by atoms with Gasteiger partial charge in [-0.05, 0) is 38.3 Å². The average Bonchev–Trinajstić information content (AvgIpc) is 3.39. The van der Waals surface area contributed by atoms with Crippen molar-refractivity contribution >= 4 is 11.6 Å². The monoisotopic (exact) mass is 390 g/mol. The summed E-state index contributed by atoms with van der Waals surface area (Å²) in [5.74, 6) is 0.241. The van der Waals surface area contributed by atoms with E-state index in [-0.39, 0.29) is 18.1 Å². The number of nitrogens with zero attached hydrogens (tertiary/aromatic N) is 7. The molecule has 1 saturated heterocycles. The first-order valence-corrected chi connectivity index (χ1v) is 9.78. The molecular weight excluding hydrogens is 368 g/mol. The molecule has 4 aromatic rings. The fourth-order valence-corrected chi connectivity index (χ4v) is 3.71. The van der Waals surface area contributed by atoms with Gasteiger partial charge in [-0.3, -0.25) is 9.67 Å². The van der Waals surface area contributed by atoms with Gasteiger partial charge in [0.25, 0.3) is 0 Å². The van der Waals surface area contributed by atoms with Gasteiger partial charge in [-0.15, -0.1) is 5.10 Å². The largest absolute Gasteiger partial charge is 0.376 e. The Balaban J connectivity index is 1.42. The van der Waals surface area contributed by atoms with Crippen LogP contribution in [0.3, 0.4) is 0 Å². The molecule has 0 amide bonds. The summed E-state index contributed by atoms with van der Waals surface area (Å²) in [4.78, 5) is 13.4. The SMILES string of the molecule is CC(C1CCCCO1)n1cc(-c2cncc(-c3ccn4nc(N)nc4c3)n2)cn1.